The maximum Gasteiger partial charge on any atom is 0.261 e. The van der Waals surface area contributed by atoms with Crippen molar-refractivity contribution in [3.63, 3.8) is 0 Å². The monoisotopic (exact) mass is 472 g/mol. The van der Waals surface area contributed by atoms with Gasteiger partial charge in [0.2, 0.25) is 0 Å². The van der Waals surface area contributed by atoms with E-state index in [0.29, 0.717) is 13.0 Å². The van der Waals surface area contributed by atoms with Crippen LogP contribution in [-0.4, -0.2) is 31.7 Å². The Morgan fingerprint density at radius 2 is 1.38 bits per heavy atom. The van der Waals surface area contributed by atoms with Crippen LogP contribution in [0, 0.1) is 5.92 Å². The van der Waals surface area contributed by atoms with E-state index in [9.17, 15) is 5.11 Å². The molecule has 3 nitrogen and oxygen atoms in total. The Bertz CT molecular complexity index is 1010. The Kier molecular flexibility index (Phi) is 7.53. The number of benzene rings is 3. The van der Waals surface area contributed by atoms with Gasteiger partial charge in [0, 0.05) is 5.92 Å². The number of aliphatic hydroxyl groups is 1. The van der Waals surface area contributed by atoms with E-state index in [1.165, 1.54) is 10.4 Å². The molecule has 1 aliphatic rings. The first kappa shape index (κ1) is 24.6. The molecule has 4 atom stereocenters. The third-order valence-corrected chi connectivity index (χ3v) is 12.0. The van der Waals surface area contributed by atoms with Crippen LogP contribution in [0.25, 0.3) is 0 Å². The lowest BCUT2D eigenvalue weighted by Crippen LogP contribution is -2.69. The minimum atomic E-state index is -2.82. The van der Waals surface area contributed by atoms with Crippen molar-refractivity contribution in [2.45, 2.75) is 57.1 Å². The van der Waals surface area contributed by atoms with E-state index in [2.05, 4.69) is 88.0 Å². The highest BCUT2D eigenvalue weighted by atomic mass is 28.4. The second-order valence-corrected chi connectivity index (χ2v) is 14.5. The van der Waals surface area contributed by atoms with Crippen molar-refractivity contribution >= 4 is 18.7 Å². The van der Waals surface area contributed by atoms with E-state index in [0.717, 1.165) is 5.56 Å². The second kappa shape index (κ2) is 10.4. The van der Waals surface area contributed by atoms with E-state index in [1.54, 1.807) is 0 Å². The number of aliphatic hydroxyl groups excluding tert-OH is 1. The molecule has 0 aliphatic heterocycles. The molecule has 34 heavy (non-hydrogen) atoms. The first-order chi connectivity index (χ1) is 16.4. The van der Waals surface area contributed by atoms with Crippen LogP contribution in [0.2, 0.25) is 5.04 Å². The largest absolute Gasteiger partial charge is 0.399 e. The molecular formula is C30H36O3Si. The maximum atomic E-state index is 11.4. The molecule has 0 amide bonds. The van der Waals surface area contributed by atoms with Crippen LogP contribution in [-0.2, 0) is 15.8 Å². The summed E-state index contributed by atoms with van der Waals surface area (Å²) in [5.41, 5.74) is 1.11. The second-order valence-electron chi connectivity index (χ2n) is 10.2. The number of rotatable bonds is 8. The lowest BCUT2D eigenvalue weighted by Gasteiger charge is -2.46. The summed E-state index contributed by atoms with van der Waals surface area (Å²) < 4.78 is 13.7. The highest BCUT2D eigenvalue weighted by Gasteiger charge is 2.55. The molecule has 1 fully saturated rings. The number of hydrogen-bond acceptors (Lipinski definition) is 3. The van der Waals surface area contributed by atoms with Gasteiger partial charge in [0.25, 0.3) is 8.32 Å². The maximum absolute atomic E-state index is 11.4. The van der Waals surface area contributed by atoms with Gasteiger partial charge in [0.1, 0.15) is 0 Å². The van der Waals surface area contributed by atoms with Crippen LogP contribution < -0.4 is 10.4 Å². The molecule has 4 heteroatoms. The molecule has 3 aromatic rings. The zero-order valence-electron chi connectivity index (χ0n) is 20.4. The summed E-state index contributed by atoms with van der Waals surface area (Å²) in [6.45, 7) is 11.2. The van der Waals surface area contributed by atoms with Gasteiger partial charge in [-0.25, -0.2) is 0 Å². The molecular weight excluding hydrogens is 436 g/mol. The van der Waals surface area contributed by atoms with Gasteiger partial charge in [0.15, 0.2) is 0 Å². The minimum absolute atomic E-state index is 0.0658. The van der Waals surface area contributed by atoms with Crippen LogP contribution >= 0.6 is 0 Å². The summed E-state index contributed by atoms with van der Waals surface area (Å²) in [5.74, 6) is -0.0658. The molecule has 0 unspecified atom stereocenters. The first-order valence-electron chi connectivity index (χ1n) is 12.1. The van der Waals surface area contributed by atoms with Crippen molar-refractivity contribution in [2.24, 2.45) is 5.92 Å². The summed E-state index contributed by atoms with van der Waals surface area (Å²) in [6, 6.07) is 31.3. The lowest BCUT2D eigenvalue weighted by atomic mass is 10.1. The molecule has 0 heterocycles. The predicted molar refractivity (Wildman–Crippen MR) is 142 cm³/mol. The first-order valence-corrected chi connectivity index (χ1v) is 14.0. The fraction of sp³-hybridized carbons (Fsp3) is 0.333. The molecule has 3 aromatic carbocycles. The predicted octanol–water partition coefficient (Wildman–Crippen LogP) is 5.08. The molecule has 0 spiro atoms. The molecule has 1 aliphatic carbocycles. The summed E-state index contributed by atoms with van der Waals surface area (Å²) in [7, 11) is -2.82. The molecule has 0 radical (unpaired) electrons. The van der Waals surface area contributed by atoms with Gasteiger partial charge >= 0.3 is 0 Å². The quantitative estimate of drug-likeness (QED) is 0.367. The standard InChI is InChI=1S/C30H36O3Si/c1-5-24-21-27(32-22-23-15-9-6-10-16-23)29(28(24)31)33-34(30(2,3)4,25-17-11-7-12-18-25)26-19-13-8-14-20-26/h5-20,24,27-29,31H,1,21-22H2,2-4H3/t24-,27-,28+,29-/m0/s1. The summed E-state index contributed by atoms with van der Waals surface area (Å²) in [6.07, 6.45) is 1.20. The third kappa shape index (κ3) is 4.82. The average molecular weight is 473 g/mol. The smallest absolute Gasteiger partial charge is 0.261 e. The van der Waals surface area contributed by atoms with E-state index in [1.807, 2.05) is 36.4 Å². The van der Waals surface area contributed by atoms with Crippen LogP contribution in [0.1, 0.15) is 32.8 Å². The van der Waals surface area contributed by atoms with Gasteiger partial charge in [-0.15, -0.1) is 6.58 Å². The third-order valence-electron chi connectivity index (χ3n) is 6.99. The van der Waals surface area contributed by atoms with Gasteiger partial charge < -0.3 is 14.3 Å². The lowest BCUT2D eigenvalue weighted by molar-refractivity contribution is -0.0534. The SMILES string of the molecule is C=C[C@H]1C[C@H](OCc2ccccc2)[C@H](O[Si](c2ccccc2)(c2ccccc2)C(C)(C)C)[C@@H]1O. The normalized spacial score (nSPS) is 23.1. The molecule has 0 saturated heterocycles. The van der Waals surface area contributed by atoms with Gasteiger partial charge in [0.05, 0.1) is 24.9 Å². The van der Waals surface area contributed by atoms with E-state index in [4.69, 9.17) is 9.16 Å². The molecule has 0 bridgehead atoms. The van der Waals surface area contributed by atoms with E-state index >= 15 is 0 Å². The van der Waals surface area contributed by atoms with Crippen molar-refractivity contribution in [3.8, 4) is 0 Å². The zero-order valence-corrected chi connectivity index (χ0v) is 21.4. The van der Waals surface area contributed by atoms with Gasteiger partial charge in [-0.3, -0.25) is 0 Å². The van der Waals surface area contributed by atoms with Crippen LogP contribution in [0.5, 0.6) is 0 Å². The van der Waals surface area contributed by atoms with E-state index < -0.39 is 20.5 Å². The molecule has 1 saturated carbocycles. The Labute approximate surface area is 205 Å². The van der Waals surface area contributed by atoms with Crippen LogP contribution in [0.15, 0.2) is 104 Å². The zero-order chi connectivity index (χ0) is 24.2. The van der Waals surface area contributed by atoms with E-state index in [-0.39, 0.29) is 17.1 Å². The van der Waals surface area contributed by atoms with Crippen molar-refractivity contribution in [1.82, 2.24) is 0 Å². The molecule has 4 rings (SSSR count). The summed E-state index contributed by atoms with van der Waals surface area (Å²) in [5, 5.41) is 13.6. The summed E-state index contributed by atoms with van der Waals surface area (Å²) >= 11 is 0. The van der Waals surface area contributed by atoms with Crippen molar-refractivity contribution in [3.05, 3.63) is 109 Å². The Balaban J connectivity index is 1.76. The van der Waals surface area contributed by atoms with Gasteiger partial charge in [-0.2, -0.15) is 0 Å². The van der Waals surface area contributed by atoms with Gasteiger partial charge in [-0.05, 0) is 27.4 Å². The van der Waals surface area contributed by atoms with Crippen molar-refractivity contribution in [1.29, 1.82) is 0 Å². The fourth-order valence-electron chi connectivity index (χ4n) is 5.22. The average Bonchev–Trinajstić information content (AvgIpc) is 3.16. The molecule has 0 aromatic heterocycles. The van der Waals surface area contributed by atoms with Crippen LogP contribution in [0.4, 0.5) is 0 Å². The molecule has 1 N–H and O–H groups in total. The van der Waals surface area contributed by atoms with Gasteiger partial charge in [-0.1, -0.05) is 118 Å². The Morgan fingerprint density at radius 3 is 1.85 bits per heavy atom. The van der Waals surface area contributed by atoms with Crippen LogP contribution in [0.3, 0.4) is 0 Å². The minimum Gasteiger partial charge on any atom is -0.399 e. The topological polar surface area (TPSA) is 38.7 Å². The summed E-state index contributed by atoms with van der Waals surface area (Å²) in [4.78, 5) is 0. The Hall–Kier alpha value is -2.50. The Morgan fingerprint density at radius 1 is 0.882 bits per heavy atom. The highest BCUT2D eigenvalue weighted by molar-refractivity contribution is 6.99. The van der Waals surface area contributed by atoms with Crippen molar-refractivity contribution in [2.75, 3.05) is 0 Å². The fourth-order valence-corrected chi connectivity index (χ4v) is 9.94. The molecule has 178 valence electrons. The highest BCUT2D eigenvalue weighted by Crippen LogP contribution is 2.41. The van der Waals surface area contributed by atoms with Crippen molar-refractivity contribution < 1.29 is 14.3 Å². The number of hydrogen-bond donors (Lipinski definition) is 1. The number of ether oxygens (including phenoxy) is 1.